The second-order valence-electron chi connectivity index (χ2n) is 5.32. The number of rotatable bonds is 6. The Morgan fingerprint density at radius 2 is 2.00 bits per heavy atom. The molecule has 1 atom stereocenters. The molecule has 0 aromatic carbocycles. The Hall–Kier alpha value is -1.52. The van der Waals surface area contributed by atoms with E-state index in [9.17, 15) is 9.59 Å². The topological polar surface area (TPSA) is 69.6 Å². The van der Waals surface area contributed by atoms with E-state index in [4.69, 9.17) is 5.11 Å². The van der Waals surface area contributed by atoms with Gasteiger partial charge in [0.25, 0.3) is 0 Å². The van der Waals surface area contributed by atoms with E-state index in [1.165, 1.54) is 0 Å². The fourth-order valence-corrected chi connectivity index (χ4v) is 1.56. The fraction of sp³-hybridized carbons (Fsp3) is 0.692. The summed E-state index contributed by atoms with van der Waals surface area (Å²) in [4.78, 5) is 24.7. The molecule has 2 N–H and O–H groups in total. The van der Waals surface area contributed by atoms with Crippen LogP contribution >= 0.6 is 0 Å². The first kappa shape index (κ1) is 16.5. The lowest BCUT2D eigenvalue weighted by Crippen LogP contribution is -2.53. The summed E-state index contributed by atoms with van der Waals surface area (Å²) < 4.78 is 0. The van der Waals surface area contributed by atoms with Crippen molar-refractivity contribution in [1.82, 2.24) is 10.2 Å². The van der Waals surface area contributed by atoms with Crippen molar-refractivity contribution in [3.05, 3.63) is 12.7 Å². The minimum Gasteiger partial charge on any atom is -0.480 e. The summed E-state index contributed by atoms with van der Waals surface area (Å²) in [6.45, 7) is 11.9. The predicted octanol–water partition coefficient (Wildman–Crippen LogP) is 2.09. The minimum atomic E-state index is -1.02. The number of hydrogen-bond donors (Lipinski definition) is 2. The molecule has 2 amide bonds. The molecule has 5 nitrogen and oxygen atoms in total. The van der Waals surface area contributed by atoms with Gasteiger partial charge in [0.05, 0.1) is 0 Å². The molecule has 0 aromatic rings. The summed E-state index contributed by atoms with van der Waals surface area (Å²) in [5.74, 6) is -1.02. The number of nitrogens with zero attached hydrogens (tertiary/aromatic N) is 1. The van der Waals surface area contributed by atoms with Crippen LogP contribution in [0.15, 0.2) is 12.7 Å². The van der Waals surface area contributed by atoms with Crippen LogP contribution in [-0.4, -0.2) is 41.1 Å². The molecule has 0 fully saturated rings. The molecule has 0 heterocycles. The Balaban J connectivity index is 4.76. The second-order valence-corrected chi connectivity index (χ2v) is 5.32. The Labute approximate surface area is 109 Å². The summed E-state index contributed by atoms with van der Waals surface area (Å²) in [5.41, 5.74) is -0.534. The quantitative estimate of drug-likeness (QED) is 0.715. The Morgan fingerprint density at radius 3 is 2.33 bits per heavy atom. The molecule has 0 spiro atoms. The van der Waals surface area contributed by atoms with Gasteiger partial charge in [-0.25, -0.2) is 9.59 Å². The zero-order chi connectivity index (χ0) is 14.3. The SMILES string of the molecule is C=CCN(CCC)C(=O)N[C@H](C(=O)O)C(C)(C)C. The molecular formula is C13H24N2O3. The minimum absolute atomic E-state index is 0.362. The maximum atomic E-state index is 12.0. The number of carbonyl (C=O) groups excluding carboxylic acids is 1. The van der Waals surface area contributed by atoms with Crippen LogP contribution in [0.1, 0.15) is 34.1 Å². The number of hydrogen-bond acceptors (Lipinski definition) is 2. The zero-order valence-corrected chi connectivity index (χ0v) is 11.7. The molecular weight excluding hydrogens is 232 g/mol. The highest BCUT2D eigenvalue weighted by atomic mass is 16.4. The van der Waals surface area contributed by atoms with Crippen LogP contribution in [0.3, 0.4) is 0 Å². The molecule has 104 valence electrons. The summed E-state index contributed by atoms with van der Waals surface area (Å²) in [6.07, 6.45) is 2.44. The van der Waals surface area contributed by atoms with E-state index in [0.29, 0.717) is 13.1 Å². The van der Waals surface area contributed by atoms with E-state index in [0.717, 1.165) is 6.42 Å². The van der Waals surface area contributed by atoms with Gasteiger partial charge in [0.2, 0.25) is 0 Å². The van der Waals surface area contributed by atoms with Crippen molar-refractivity contribution in [1.29, 1.82) is 0 Å². The third-order valence-electron chi connectivity index (χ3n) is 2.51. The van der Waals surface area contributed by atoms with E-state index in [1.54, 1.807) is 31.7 Å². The van der Waals surface area contributed by atoms with E-state index in [-0.39, 0.29) is 6.03 Å². The van der Waals surface area contributed by atoms with Gasteiger partial charge < -0.3 is 15.3 Å². The molecule has 5 heteroatoms. The lowest BCUT2D eigenvalue weighted by Gasteiger charge is -2.30. The lowest BCUT2D eigenvalue weighted by molar-refractivity contribution is -0.142. The predicted molar refractivity (Wildman–Crippen MR) is 71.5 cm³/mol. The molecule has 0 radical (unpaired) electrons. The lowest BCUT2D eigenvalue weighted by atomic mass is 9.87. The first-order chi connectivity index (χ1) is 8.23. The molecule has 0 aliphatic carbocycles. The average molecular weight is 256 g/mol. The van der Waals surface area contributed by atoms with Gasteiger partial charge >= 0.3 is 12.0 Å². The summed E-state index contributed by atoms with van der Waals surface area (Å²) in [6, 6.07) is -1.27. The third kappa shape index (κ3) is 5.21. The summed E-state index contributed by atoms with van der Waals surface area (Å²) in [5, 5.41) is 11.7. The Bertz CT molecular complexity index is 308. The standard InChI is InChI=1S/C13H24N2O3/c1-6-8-15(9-7-2)12(18)14-10(11(16)17)13(3,4)5/h6,10H,1,7-9H2,2-5H3,(H,14,18)(H,16,17)/t10-/m1/s1. The van der Waals surface area contributed by atoms with Gasteiger partial charge in [-0.2, -0.15) is 0 Å². The maximum Gasteiger partial charge on any atom is 0.326 e. The van der Waals surface area contributed by atoms with E-state index >= 15 is 0 Å². The van der Waals surface area contributed by atoms with E-state index in [2.05, 4.69) is 11.9 Å². The first-order valence-corrected chi connectivity index (χ1v) is 6.13. The van der Waals surface area contributed by atoms with Gasteiger partial charge in [0.1, 0.15) is 6.04 Å². The molecule has 0 saturated carbocycles. The molecule has 0 aromatic heterocycles. The normalized spacial score (nSPS) is 12.7. The van der Waals surface area contributed by atoms with Crippen LogP contribution in [0.2, 0.25) is 0 Å². The monoisotopic (exact) mass is 256 g/mol. The molecule has 0 unspecified atom stereocenters. The Kier molecular flexibility index (Phi) is 6.44. The maximum absolute atomic E-state index is 12.0. The number of nitrogens with one attached hydrogen (secondary N) is 1. The number of amides is 2. The van der Waals surface area contributed by atoms with Crippen molar-refractivity contribution in [3.8, 4) is 0 Å². The smallest absolute Gasteiger partial charge is 0.326 e. The largest absolute Gasteiger partial charge is 0.480 e. The molecule has 0 saturated heterocycles. The van der Waals surface area contributed by atoms with Crippen molar-refractivity contribution >= 4 is 12.0 Å². The number of carboxylic acids is 1. The highest BCUT2D eigenvalue weighted by Gasteiger charge is 2.33. The molecule has 18 heavy (non-hydrogen) atoms. The highest BCUT2D eigenvalue weighted by molar-refractivity contribution is 5.83. The Morgan fingerprint density at radius 1 is 1.44 bits per heavy atom. The fourth-order valence-electron chi connectivity index (χ4n) is 1.56. The average Bonchev–Trinajstić information content (AvgIpc) is 2.23. The summed E-state index contributed by atoms with van der Waals surface area (Å²) >= 11 is 0. The van der Waals surface area contributed by atoms with Crippen LogP contribution < -0.4 is 5.32 Å². The van der Waals surface area contributed by atoms with E-state index in [1.807, 2.05) is 6.92 Å². The van der Waals surface area contributed by atoms with Gasteiger partial charge in [-0.3, -0.25) is 0 Å². The van der Waals surface area contributed by atoms with Crippen molar-refractivity contribution < 1.29 is 14.7 Å². The van der Waals surface area contributed by atoms with Crippen molar-refractivity contribution in [2.75, 3.05) is 13.1 Å². The van der Waals surface area contributed by atoms with Gasteiger partial charge in [0.15, 0.2) is 0 Å². The number of carboxylic acid groups (broad SMARTS) is 1. The number of urea groups is 1. The molecule has 0 aliphatic heterocycles. The van der Waals surface area contributed by atoms with Crippen molar-refractivity contribution in [3.63, 3.8) is 0 Å². The molecule has 0 bridgehead atoms. The summed E-state index contributed by atoms with van der Waals surface area (Å²) in [7, 11) is 0. The van der Waals surface area contributed by atoms with Crippen LogP contribution in [0.4, 0.5) is 4.79 Å². The van der Waals surface area contributed by atoms with Gasteiger partial charge in [0, 0.05) is 13.1 Å². The number of aliphatic carboxylic acids is 1. The zero-order valence-electron chi connectivity index (χ0n) is 11.7. The van der Waals surface area contributed by atoms with Crippen molar-refractivity contribution in [2.45, 2.75) is 40.2 Å². The number of carbonyl (C=O) groups is 2. The molecule has 0 aliphatic rings. The van der Waals surface area contributed by atoms with Gasteiger partial charge in [-0.05, 0) is 11.8 Å². The van der Waals surface area contributed by atoms with E-state index < -0.39 is 17.4 Å². The van der Waals surface area contributed by atoms with Gasteiger partial charge in [-0.1, -0.05) is 33.8 Å². The first-order valence-electron chi connectivity index (χ1n) is 6.13. The van der Waals surface area contributed by atoms with Crippen LogP contribution in [0.5, 0.6) is 0 Å². The highest BCUT2D eigenvalue weighted by Crippen LogP contribution is 2.19. The third-order valence-corrected chi connectivity index (χ3v) is 2.51. The van der Waals surface area contributed by atoms with Crippen molar-refractivity contribution in [2.24, 2.45) is 5.41 Å². The van der Waals surface area contributed by atoms with Crippen LogP contribution in [0, 0.1) is 5.41 Å². The second kappa shape index (κ2) is 7.03. The molecule has 0 rings (SSSR count). The van der Waals surface area contributed by atoms with Gasteiger partial charge in [-0.15, -0.1) is 6.58 Å². The van der Waals surface area contributed by atoms with Crippen LogP contribution in [0.25, 0.3) is 0 Å². The van der Waals surface area contributed by atoms with Crippen LogP contribution in [-0.2, 0) is 4.79 Å².